The van der Waals surface area contributed by atoms with Gasteiger partial charge in [-0.05, 0) is 56.0 Å². The Balaban J connectivity index is 1.33. The largest absolute Gasteiger partial charge is 0.487 e. The van der Waals surface area contributed by atoms with E-state index in [4.69, 9.17) is 10.5 Å². The second kappa shape index (κ2) is 8.60. The van der Waals surface area contributed by atoms with Crippen LogP contribution in [0, 0.1) is 11.7 Å². The van der Waals surface area contributed by atoms with Crippen molar-refractivity contribution in [2.45, 2.75) is 50.0 Å². The van der Waals surface area contributed by atoms with E-state index in [1.807, 2.05) is 0 Å². The zero-order valence-electron chi connectivity index (χ0n) is 16.1. The molecule has 1 saturated carbocycles. The number of nitrogens with two attached hydrogens (primary N) is 1. The van der Waals surface area contributed by atoms with Gasteiger partial charge < -0.3 is 15.6 Å². The van der Waals surface area contributed by atoms with E-state index >= 15 is 0 Å². The first-order chi connectivity index (χ1) is 13.6. The summed E-state index contributed by atoms with van der Waals surface area (Å²) in [5, 5.41) is 10.9. The van der Waals surface area contributed by atoms with Gasteiger partial charge in [0.1, 0.15) is 23.8 Å². The van der Waals surface area contributed by atoms with E-state index in [2.05, 4.69) is 35.2 Å². The third kappa shape index (κ3) is 4.37. The van der Waals surface area contributed by atoms with Gasteiger partial charge in [-0.2, -0.15) is 0 Å². The Morgan fingerprint density at radius 2 is 1.82 bits per heavy atom. The molecule has 1 aliphatic heterocycles. The van der Waals surface area contributed by atoms with Gasteiger partial charge in [0, 0.05) is 18.5 Å². The van der Waals surface area contributed by atoms with Crippen molar-refractivity contribution < 1.29 is 14.2 Å². The summed E-state index contributed by atoms with van der Waals surface area (Å²) in [7, 11) is 0. The van der Waals surface area contributed by atoms with Crippen LogP contribution in [-0.4, -0.2) is 47.4 Å². The number of aliphatic hydroxyl groups excluding tert-OH is 1. The summed E-state index contributed by atoms with van der Waals surface area (Å²) in [6, 6.07) is 16.4. The van der Waals surface area contributed by atoms with Crippen LogP contribution in [0.2, 0.25) is 0 Å². The van der Waals surface area contributed by atoms with Gasteiger partial charge in [-0.3, -0.25) is 4.90 Å². The molecule has 1 heterocycles. The van der Waals surface area contributed by atoms with Gasteiger partial charge in [0.25, 0.3) is 0 Å². The third-order valence-electron chi connectivity index (χ3n) is 6.20. The van der Waals surface area contributed by atoms with Gasteiger partial charge in [0.15, 0.2) is 0 Å². The number of nitrogens with zero attached hydrogens (tertiary/aromatic N) is 1. The van der Waals surface area contributed by atoms with Crippen LogP contribution in [0.5, 0.6) is 5.75 Å². The Kier molecular flexibility index (Phi) is 5.95. The van der Waals surface area contributed by atoms with Crippen LogP contribution in [-0.2, 0) is 6.42 Å². The number of benzene rings is 2. The lowest BCUT2D eigenvalue weighted by atomic mass is 9.89. The minimum atomic E-state index is -0.663. The molecule has 0 bridgehead atoms. The monoisotopic (exact) mass is 384 g/mol. The summed E-state index contributed by atoms with van der Waals surface area (Å²) in [4.78, 5) is 2.33. The Bertz CT molecular complexity index is 764. The summed E-state index contributed by atoms with van der Waals surface area (Å²) in [5.41, 5.74) is 7.77. The number of piperidine rings is 1. The first kappa shape index (κ1) is 19.4. The highest BCUT2D eigenvalue weighted by Gasteiger charge is 2.45. The lowest BCUT2D eigenvalue weighted by molar-refractivity contribution is -0.00198. The van der Waals surface area contributed by atoms with Gasteiger partial charge in [0.2, 0.25) is 0 Å². The molecule has 4 rings (SSSR count). The molecule has 2 aromatic carbocycles. The number of aliphatic hydroxyl groups is 1. The van der Waals surface area contributed by atoms with Crippen molar-refractivity contribution >= 4 is 0 Å². The summed E-state index contributed by atoms with van der Waals surface area (Å²) in [6.07, 6.45) is 2.85. The smallest absolute Gasteiger partial charge is 0.128 e. The number of rotatable bonds is 5. The maximum atomic E-state index is 13.4. The molecule has 4 nitrogen and oxygen atoms in total. The normalized spacial score (nSPS) is 29.1. The summed E-state index contributed by atoms with van der Waals surface area (Å²) in [6.45, 7) is 1.89. The van der Waals surface area contributed by atoms with Gasteiger partial charge in [-0.15, -0.1) is 0 Å². The molecule has 2 fully saturated rings. The molecule has 0 aromatic heterocycles. The Hall–Kier alpha value is -1.95. The molecule has 1 aliphatic carbocycles. The Morgan fingerprint density at radius 1 is 1.07 bits per heavy atom. The minimum Gasteiger partial charge on any atom is -0.487 e. The fraction of sp³-hybridized carbons (Fsp3) is 0.478. The van der Waals surface area contributed by atoms with Crippen LogP contribution in [0.3, 0.4) is 0 Å². The third-order valence-corrected chi connectivity index (χ3v) is 6.20. The summed E-state index contributed by atoms with van der Waals surface area (Å²) in [5.74, 6) is 0.776. The van der Waals surface area contributed by atoms with Gasteiger partial charge in [-0.1, -0.05) is 36.4 Å². The van der Waals surface area contributed by atoms with Gasteiger partial charge in [-0.25, -0.2) is 4.39 Å². The van der Waals surface area contributed by atoms with Crippen molar-refractivity contribution in [3.63, 3.8) is 0 Å². The fourth-order valence-corrected chi connectivity index (χ4v) is 4.74. The Labute approximate surface area is 166 Å². The SMILES string of the molecule is N[C@@H]1C[C@@H](Oc2cccc(F)c2)[C@H](O)[C@H]1N1CCC(Cc2ccccc2)CC1. The lowest BCUT2D eigenvalue weighted by Crippen LogP contribution is -2.53. The molecule has 0 amide bonds. The highest BCUT2D eigenvalue weighted by atomic mass is 19.1. The van der Waals surface area contributed by atoms with Gasteiger partial charge >= 0.3 is 0 Å². The molecule has 0 radical (unpaired) electrons. The van der Waals surface area contributed by atoms with Crippen LogP contribution < -0.4 is 10.5 Å². The maximum Gasteiger partial charge on any atom is 0.128 e. The second-order valence-corrected chi connectivity index (χ2v) is 8.16. The standard InChI is InChI=1S/C23H29FN2O2/c24-18-7-4-8-19(14-18)28-21-15-20(25)22(23(21)27)26-11-9-17(10-12-26)13-16-5-2-1-3-6-16/h1-8,14,17,20-23,27H,9-13,15,25H2/t20-,21-,22+,23+/m1/s1. The fourth-order valence-electron chi connectivity index (χ4n) is 4.74. The van der Waals surface area contributed by atoms with Crippen molar-refractivity contribution in [1.82, 2.24) is 4.90 Å². The molecule has 0 unspecified atom stereocenters. The first-order valence-electron chi connectivity index (χ1n) is 10.2. The minimum absolute atomic E-state index is 0.101. The van der Waals surface area contributed by atoms with E-state index < -0.39 is 12.2 Å². The highest BCUT2D eigenvalue weighted by Crippen LogP contribution is 2.31. The van der Waals surface area contributed by atoms with Crippen LogP contribution in [0.4, 0.5) is 4.39 Å². The van der Waals surface area contributed by atoms with E-state index in [9.17, 15) is 9.50 Å². The van der Waals surface area contributed by atoms with E-state index in [0.717, 1.165) is 32.4 Å². The van der Waals surface area contributed by atoms with E-state index in [-0.39, 0.29) is 17.9 Å². The number of halogens is 1. The van der Waals surface area contributed by atoms with Gasteiger partial charge in [0.05, 0.1) is 6.04 Å². The van der Waals surface area contributed by atoms with E-state index in [1.54, 1.807) is 12.1 Å². The number of ether oxygens (including phenoxy) is 1. The number of hydrogen-bond acceptors (Lipinski definition) is 4. The maximum absolute atomic E-state index is 13.4. The average Bonchev–Trinajstić information content (AvgIpc) is 2.97. The summed E-state index contributed by atoms with van der Waals surface area (Å²) < 4.78 is 19.3. The highest BCUT2D eigenvalue weighted by molar-refractivity contribution is 5.23. The lowest BCUT2D eigenvalue weighted by Gasteiger charge is -2.39. The molecular formula is C23H29FN2O2. The second-order valence-electron chi connectivity index (χ2n) is 8.16. The number of hydrogen-bond donors (Lipinski definition) is 2. The summed E-state index contributed by atoms with van der Waals surface area (Å²) >= 11 is 0. The van der Waals surface area contributed by atoms with E-state index in [0.29, 0.717) is 18.1 Å². The molecule has 3 N–H and O–H groups in total. The Morgan fingerprint density at radius 3 is 2.54 bits per heavy atom. The molecule has 2 aliphatic rings. The molecule has 2 aromatic rings. The van der Waals surface area contributed by atoms with Crippen LogP contribution in [0.1, 0.15) is 24.8 Å². The predicted octanol–water partition coefficient (Wildman–Crippen LogP) is 2.99. The van der Waals surface area contributed by atoms with Crippen LogP contribution >= 0.6 is 0 Å². The van der Waals surface area contributed by atoms with Crippen molar-refractivity contribution in [3.05, 3.63) is 66.0 Å². The van der Waals surface area contributed by atoms with Crippen molar-refractivity contribution in [2.75, 3.05) is 13.1 Å². The molecule has 0 spiro atoms. The average molecular weight is 384 g/mol. The zero-order valence-corrected chi connectivity index (χ0v) is 16.1. The van der Waals surface area contributed by atoms with Crippen LogP contribution in [0.15, 0.2) is 54.6 Å². The first-order valence-corrected chi connectivity index (χ1v) is 10.2. The quantitative estimate of drug-likeness (QED) is 0.832. The van der Waals surface area contributed by atoms with E-state index in [1.165, 1.54) is 17.7 Å². The zero-order chi connectivity index (χ0) is 19.5. The van der Waals surface area contributed by atoms with Crippen molar-refractivity contribution in [1.29, 1.82) is 0 Å². The van der Waals surface area contributed by atoms with Crippen molar-refractivity contribution in [3.8, 4) is 5.75 Å². The molecule has 1 saturated heterocycles. The molecule has 5 heteroatoms. The predicted molar refractivity (Wildman–Crippen MR) is 108 cm³/mol. The number of likely N-dealkylation sites (tertiary alicyclic amines) is 1. The van der Waals surface area contributed by atoms with Crippen LogP contribution in [0.25, 0.3) is 0 Å². The molecule has 28 heavy (non-hydrogen) atoms. The topological polar surface area (TPSA) is 58.7 Å². The van der Waals surface area contributed by atoms with Crippen molar-refractivity contribution in [2.24, 2.45) is 11.7 Å². The molecular weight excluding hydrogens is 355 g/mol. The molecule has 150 valence electrons. The molecule has 4 atom stereocenters.